The van der Waals surface area contributed by atoms with E-state index in [9.17, 15) is 4.79 Å². The maximum absolute atomic E-state index is 13.1. The van der Waals surface area contributed by atoms with Gasteiger partial charge in [-0.2, -0.15) is 0 Å². The molecule has 1 amide bonds. The number of halogens is 2. The fourth-order valence-corrected chi connectivity index (χ4v) is 5.15. The molecule has 3 aromatic rings. The van der Waals surface area contributed by atoms with Gasteiger partial charge < -0.3 is 15.6 Å². The van der Waals surface area contributed by atoms with Crippen molar-refractivity contribution in [1.82, 2.24) is 14.8 Å². The number of rotatable bonds is 6. The van der Waals surface area contributed by atoms with Gasteiger partial charge in [0.1, 0.15) is 0 Å². The fraction of sp³-hybridized carbons (Fsp3) is 0.400. The van der Waals surface area contributed by atoms with Crippen LogP contribution >= 0.6 is 23.2 Å². The lowest BCUT2D eigenvalue weighted by molar-refractivity contribution is -0.138. The molecule has 1 aliphatic rings. The van der Waals surface area contributed by atoms with Crippen molar-refractivity contribution in [3.63, 3.8) is 0 Å². The first kappa shape index (κ1) is 23.1. The third-order valence-corrected chi connectivity index (χ3v) is 7.38. The van der Waals surface area contributed by atoms with Crippen LogP contribution in [0.4, 0.5) is 0 Å². The Kier molecular flexibility index (Phi) is 7.11. The number of carbonyl (C=O) groups is 1. The quantitative estimate of drug-likeness (QED) is 0.554. The predicted molar refractivity (Wildman–Crippen MR) is 132 cm³/mol. The van der Waals surface area contributed by atoms with Crippen molar-refractivity contribution >= 4 is 40.0 Å². The van der Waals surface area contributed by atoms with Crippen molar-refractivity contribution < 1.29 is 4.79 Å². The van der Waals surface area contributed by atoms with Crippen molar-refractivity contribution in [1.29, 1.82) is 0 Å². The third kappa shape index (κ3) is 4.81. The van der Waals surface area contributed by atoms with Gasteiger partial charge in [0, 0.05) is 58.9 Å². The zero-order valence-electron chi connectivity index (χ0n) is 18.5. The van der Waals surface area contributed by atoms with Crippen LogP contribution in [0.2, 0.25) is 10.0 Å². The van der Waals surface area contributed by atoms with Gasteiger partial charge in [-0.1, -0.05) is 47.5 Å². The second-order valence-corrected chi connectivity index (χ2v) is 9.55. The first-order valence-electron chi connectivity index (χ1n) is 11.1. The molecule has 1 saturated heterocycles. The number of carbonyl (C=O) groups excluding carboxylic acids is 1. The molecule has 0 bridgehead atoms. The number of amides is 1. The highest BCUT2D eigenvalue weighted by Crippen LogP contribution is 2.24. The summed E-state index contributed by atoms with van der Waals surface area (Å²) in [5, 5.41) is 2.41. The summed E-state index contributed by atoms with van der Waals surface area (Å²) in [5.74, 6) is -0.0216. The zero-order chi connectivity index (χ0) is 22.8. The van der Waals surface area contributed by atoms with E-state index in [1.165, 1.54) is 16.5 Å². The first-order chi connectivity index (χ1) is 15.3. The molecule has 4 rings (SSSR count). The highest BCUT2D eigenvalue weighted by molar-refractivity contribution is 6.35. The van der Waals surface area contributed by atoms with E-state index < -0.39 is 6.04 Å². The summed E-state index contributed by atoms with van der Waals surface area (Å²) in [5.41, 5.74) is 9.66. The Balaban J connectivity index is 1.36. The molecule has 1 aliphatic heterocycles. The summed E-state index contributed by atoms with van der Waals surface area (Å²) in [6, 6.07) is 13.4. The maximum Gasteiger partial charge on any atom is 0.240 e. The monoisotopic (exact) mass is 472 g/mol. The average molecular weight is 473 g/mol. The Hall–Kier alpha value is -2.05. The van der Waals surface area contributed by atoms with Gasteiger partial charge in [0.25, 0.3) is 0 Å². The molecule has 2 heterocycles. The van der Waals surface area contributed by atoms with Crippen LogP contribution in [0.5, 0.6) is 0 Å². The molecule has 32 heavy (non-hydrogen) atoms. The van der Waals surface area contributed by atoms with Crippen molar-refractivity contribution in [2.24, 2.45) is 5.73 Å². The standard InChI is InChI=1S/C25H30Cl2N4O/c1-16-17(2)31(25(32)23(28)13-18-7-8-20(26)14-22(18)27)12-11-30(16)10-9-19-15-29-24-6-4-3-5-21(19)24/h3-8,14-17,23,29H,9-13,28H2,1-2H3/t16?,17?,23-/m0/s1. The lowest BCUT2D eigenvalue weighted by atomic mass is 10.00. The number of nitrogens with two attached hydrogens (primary N) is 1. The Morgan fingerprint density at radius 3 is 2.69 bits per heavy atom. The third-order valence-electron chi connectivity index (χ3n) is 6.79. The van der Waals surface area contributed by atoms with Gasteiger partial charge in [0.15, 0.2) is 0 Å². The molecular formula is C25H30Cl2N4O. The van der Waals surface area contributed by atoms with E-state index in [1.807, 2.05) is 17.0 Å². The van der Waals surface area contributed by atoms with Gasteiger partial charge in [-0.05, 0) is 56.0 Å². The molecule has 3 atom stereocenters. The van der Waals surface area contributed by atoms with Gasteiger partial charge in [-0.15, -0.1) is 0 Å². The van der Waals surface area contributed by atoms with Crippen LogP contribution < -0.4 is 5.73 Å². The smallest absolute Gasteiger partial charge is 0.240 e. The van der Waals surface area contributed by atoms with Gasteiger partial charge in [-0.25, -0.2) is 0 Å². The lowest BCUT2D eigenvalue weighted by Gasteiger charge is -2.45. The number of benzene rings is 2. The zero-order valence-corrected chi connectivity index (χ0v) is 20.0. The molecule has 2 aromatic carbocycles. The van der Waals surface area contributed by atoms with E-state index in [0.29, 0.717) is 23.0 Å². The Labute approximate surface area is 199 Å². The number of hydrogen-bond acceptors (Lipinski definition) is 3. The molecule has 170 valence electrons. The number of H-pyrrole nitrogens is 1. The van der Waals surface area contributed by atoms with Crippen LogP contribution in [0.1, 0.15) is 25.0 Å². The number of fused-ring (bicyclic) bond motifs is 1. The van der Waals surface area contributed by atoms with Crippen LogP contribution in [0.3, 0.4) is 0 Å². The van der Waals surface area contributed by atoms with Crippen LogP contribution in [0.15, 0.2) is 48.7 Å². The van der Waals surface area contributed by atoms with Crippen LogP contribution in [0.25, 0.3) is 10.9 Å². The molecule has 0 spiro atoms. The molecule has 0 aliphatic carbocycles. The normalized spacial score (nSPS) is 20.6. The van der Waals surface area contributed by atoms with Crippen LogP contribution in [-0.2, 0) is 17.6 Å². The maximum atomic E-state index is 13.1. The second kappa shape index (κ2) is 9.84. The molecule has 2 unspecified atom stereocenters. The van der Waals surface area contributed by atoms with Crippen molar-refractivity contribution in [2.45, 2.75) is 44.8 Å². The minimum Gasteiger partial charge on any atom is -0.361 e. The molecule has 1 fully saturated rings. The number of nitrogens with one attached hydrogen (secondary N) is 1. The van der Waals surface area contributed by atoms with E-state index >= 15 is 0 Å². The van der Waals surface area contributed by atoms with Crippen LogP contribution in [-0.4, -0.2) is 58.5 Å². The predicted octanol–water partition coefficient (Wildman–Crippen LogP) is 4.51. The van der Waals surface area contributed by atoms with Crippen LogP contribution in [0, 0.1) is 0 Å². The largest absolute Gasteiger partial charge is 0.361 e. The summed E-state index contributed by atoms with van der Waals surface area (Å²) >= 11 is 12.3. The Bertz CT molecular complexity index is 1100. The Morgan fingerprint density at radius 2 is 1.91 bits per heavy atom. The second-order valence-electron chi connectivity index (χ2n) is 8.70. The summed E-state index contributed by atoms with van der Waals surface area (Å²) in [6.07, 6.45) is 3.49. The average Bonchev–Trinajstić information content (AvgIpc) is 3.19. The van der Waals surface area contributed by atoms with E-state index in [4.69, 9.17) is 28.9 Å². The minimum absolute atomic E-state index is 0.0216. The van der Waals surface area contributed by atoms with E-state index in [1.54, 1.807) is 12.1 Å². The number of aromatic amines is 1. The minimum atomic E-state index is -0.624. The summed E-state index contributed by atoms with van der Waals surface area (Å²) in [6.45, 7) is 6.79. The van der Waals surface area contributed by atoms with E-state index in [-0.39, 0.29) is 18.0 Å². The Morgan fingerprint density at radius 1 is 1.12 bits per heavy atom. The van der Waals surface area contributed by atoms with Crippen molar-refractivity contribution in [2.75, 3.05) is 19.6 Å². The lowest BCUT2D eigenvalue weighted by Crippen LogP contribution is -2.61. The molecular weight excluding hydrogens is 443 g/mol. The molecule has 1 aromatic heterocycles. The van der Waals surface area contributed by atoms with E-state index in [0.717, 1.165) is 25.1 Å². The van der Waals surface area contributed by atoms with Crippen molar-refractivity contribution in [3.8, 4) is 0 Å². The number of hydrogen-bond donors (Lipinski definition) is 2. The molecule has 0 radical (unpaired) electrons. The summed E-state index contributed by atoms with van der Waals surface area (Å²) in [4.78, 5) is 20.9. The van der Waals surface area contributed by atoms with Gasteiger partial charge >= 0.3 is 0 Å². The SMILES string of the molecule is CC1C(C)N(C(=O)[C@@H](N)Cc2ccc(Cl)cc2Cl)CCN1CCc1c[nH]c2ccccc12. The summed E-state index contributed by atoms with van der Waals surface area (Å²) < 4.78 is 0. The van der Waals surface area contributed by atoms with E-state index in [2.05, 4.69) is 48.1 Å². The first-order valence-corrected chi connectivity index (χ1v) is 11.9. The molecule has 7 heteroatoms. The highest BCUT2D eigenvalue weighted by atomic mass is 35.5. The number of aromatic nitrogens is 1. The summed E-state index contributed by atoms with van der Waals surface area (Å²) in [7, 11) is 0. The van der Waals surface area contributed by atoms with Gasteiger partial charge in [0.2, 0.25) is 5.91 Å². The molecule has 5 nitrogen and oxygen atoms in total. The van der Waals surface area contributed by atoms with Crippen molar-refractivity contribution in [3.05, 3.63) is 69.8 Å². The topological polar surface area (TPSA) is 65.4 Å². The van der Waals surface area contributed by atoms with Gasteiger partial charge in [-0.3, -0.25) is 9.69 Å². The number of para-hydroxylation sites is 1. The molecule has 3 N–H and O–H groups in total. The molecule has 0 saturated carbocycles. The highest BCUT2D eigenvalue weighted by Gasteiger charge is 2.35. The number of nitrogens with zero attached hydrogens (tertiary/aromatic N) is 2. The van der Waals surface area contributed by atoms with Gasteiger partial charge in [0.05, 0.1) is 6.04 Å². The fourth-order valence-electron chi connectivity index (χ4n) is 4.66. The number of piperazine rings is 1.